The molecule has 2 heterocycles. The van der Waals surface area contributed by atoms with Crippen LogP contribution in [0, 0.1) is 0 Å². The summed E-state index contributed by atoms with van der Waals surface area (Å²) in [5.41, 5.74) is 6.00. The molecule has 1 atom stereocenters. The van der Waals surface area contributed by atoms with E-state index in [1.807, 2.05) is 36.4 Å². The van der Waals surface area contributed by atoms with Gasteiger partial charge in [0.2, 0.25) is 0 Å². The number of fused-ring (bicyclic) bond motifs is 3. The third-order valence-electron chi connectivity index (χ3n) is 5.38. The lowest BCUT2D eigenvalue weighted by molar-refractivity contribution is 0.300. The number of nitrogens with one attached hydrogen (secondary N) is 2. The number of aromatic nitrogens is 1. The molecule has 3 nitrogen and oxygen atoms in total. The van der Waals surface area contributed by atoms with Gasteiger partial charge in [-0.2, -0.15) is 0 Å². The van der Waals surface area contributed by atoms with Crippen LogP contribution >= 0.6 is 11.6 Å². The van der Waals surface area contributed by atoms with Crippen molar-refractivity contribution in [2.24, 2.45) is 0 Å². The first-order valence-electron chi connectivity index (χ1n) is 9.58. The lowest BCUT2D eigenvalue weighted by Gasteiger charge is -2.26. The predicted molar refractivity (Wildman–Crippen MR) is 114 cm³/mol. The zero-order valence-corrected chi connectivity index (χ0v) is 16.2. The maximum absolute atomic E-state index is 6.25. The maximum atomic E-state index is 6.25. The molecule has 0 saturated heterocycles. The molecule has 1 unspecified atom stereocenters. The Hall–Kier alpha value is -2.75. The number of hydrogen-bond acceptors (Lipinski definition) is 2. The van der Waals surface area contributed by atoms with Crippen molar-refractivity contribution in [1.29, 1.82) is 0 Å². The minimum atomic E-state index is 0.0712. The molecule has 0 fully saturated rings. The van der Waals surface area contributed by atoms with Crippen molar-refractivity contribution in [2.45, 2.75) is 19.1 Å². The Morgan fingerprint density at radius 3 is 2.68 bits per heavy atom. The molecule has 0 bridgehead atoms. The Balaban J connectivity index is 1.52. The van der Waals surface area contributed by atoms with Crippen LogP contribution in [-0.4, -0.2) is 11.5 Å². The molecule has 1 aliphatic rings. The summed E-state index contributed by atoms with van der Waals surface area (Å²) in [5.74, 6) is 0.911. The van der Waals surface area contributed by atoms with Gasteiger partial charge in [-0.05, 0) is 41.8 Å². The second kappa shape index (κ2) is 7.34. The Morgan fingerprint density at radius 2 is 1.79 bits per heavy atom. The van der Waals surface area contributed by atoms with Crippen LogP contribution in [0.4, 0.5) is 0 Å². The number of hydrogen-bond donors (Lipinski definition) is 2. The Morgan fingerprint density at radius 1 is 0.964 bits per heavy atom. The summed E-state index contributed by atoms with van der Waals surface area (Å²) in [6.45, 7) is 1.48. The number of halogens is 1. The molecule has 0 saturated carbocycles. The van der Waals surface area contributed by atoms with Crippen molar-refractivity contribution in [3.63, 3.8) is 0 Å². The highest BCUT2D eigenvalue weighted by Crippen LogP contribution is 2.37. The maximum Gasteiger partial charge on any atom is 0.124 e. The monoisotopic (exact) mass is 388 g/mol. The molecule has 4 aromatic rings. The molecule has 1 aliphatic heterocycles. The highest BCUT2D eigenvalue weighted by molar-refractivity contribution is 6.31. The standard InChI is InChI=1S/C24H21ClN2O/c25-17-10-11-21-20(14-17)18-12-13-26-23(24(18)27-21)19-8-4-5-9-22(19)28-15-16-6-2-1-3-7-16/h1-11,14,23,26-27H,12-13,15H2. The van der Waals surface area contributed by atoms with Crippen LogP contribution in [0.1, 0.15) is 28.4 Å². The molecule has 3 aromatic carbocycles. The zero-order valence-electron chi connectivity index (χ0n) is 15.4. The minimum Gasteiger partial charge on any atom is -0.489 e. The van der Waals surface area contributed by atoms with Crippen LogP contribution in [0.3, 0.4) is 0 Å². The molecule has 140 valence electrons. The van der Waals surface area contributed by atoms with Gasteiger partial charge in [-0.15, -0.1) is 0 Å². The molecule has 5 rings (SSSR count). The van der Waals surface area contributed by atoms with E-state index < -0.39 is 0 Å². The van der Waals surface area contributed by atoms with Crippen molar-refractivity contribution in [3.05, 3.63) is 100 Å². The van der Waals surface area contributed by atoms with Crippen LogP contribution in [0.5, 0.6) is 5.75 Å². The van der Waals surface area contributed by atoms with Gasteiger partial charge in [0.05, 0.1) is 6.04 Å². The van der Waals surface area contributed by atoms with Gasteiger partial charge in [0.1, 0.15) is 12.4 Å². The fraction of sp³-hybridized carbons (Fsp3) is 0.167. The summed E-state index contributed by atoms with van der Waals surface area (Å²) in [6, 6.07) is 24.7. The predicted octanol–water partition coefficient (Wildman–Crippen LogP) is 5.64. The Kier molecular flexibility index (Phi) is 4.55. The highest BCUT2D eigenvalue weighted by Gasteiger charge is 2.27. The van der Waals surface area contributed by atoms with Crippen LogP contribution in [-0.2, 0) is 13.0 Å². The van der Waals surface area contributed by atoms with Crippen molar-refractivity contribution in [1.82, 2.24) is 10.3 Å². The summed E-state index contributed by atoms with van der Waals surface area (Å²) in [4.78, 5) is 3.62. The average Bonchev–Trinajstić information content (AvgIpc) is 3.11. The van der Waals surface area contributed by atoms with E-state index in [-0.39, 0.29) is 6.04 Å². The lowest BCUT2D eigenvalue weighted by Crippen LogP contribution is -2.30. The first-order chi connectivity index (χ1) is 13.8. The van der Waals surface area contributed by atoms with Crippen molar-refractivity contribution >= 4 is 22.5 Å². The zero-order chi connectivity index (χ0) is 18.9. The largest absolute Gasteiger partial charge is 0.489 e. The van der Waals surface area contributed by atoms with E-state index in [2.05, 4.69) is 46.7 Å². The Labute approximate surface area is 169 Å². The molecule has 1 aromatic heterocycles. The molecular formula is C24H21ClN2O. The van der Waals surface area contributed by atoms with Crippen molar-refractivity contribution < 1.29 is 4.74 Å². The van der Waals surface area contributed by atoms with Gasteiger partial charge in [0.15, 0.2) is 0 Å². The fourth-order valence-electron chi connectivity index (χ4n) is 4.05. The smallest absolute Gasteiger partial charge is 0.124 e. The van der Waals surface area contributed by atoms with E-state index in [1.54, 1.807) is 0 Å². The molecule has 28 heavy (non-hydrogen) atoms. The van der Waals surface area contributed by atoms with Gasteiger partial charge >= 0.3 is 0 Å². The van der Waals surface area contributed by atoms with Gasteiger partial charge < -0.3 is 15.0 Å². The third-order valence-corrected chi connectivity index (χ3v) is 5.62. The SMILES string of the molecule is Clc1ccc2[nH]c3c(c2c1)CCNC3c1ccccc1OCc1ccccc1. The number of rotatable bonds is 4. The molecule has 0 radical (unpaired) electrons. The quantitative estimate of drug-likeness (QED) is 0.475. The van der Waals surface area contributed by atoms with Gasteiger partial charge in [0.25, 0.3) is 0 Å². The summed E-state index contributed by atoms with van der Waals surface area (Å²) in [6.07, 6.45) is 0.985. The van der Waals surface area contributed by atoms with E-state index in [9.17, 15) is 0 Å². The highest BCUT2D eigenvalue weighted by atomic mass is 35.5. The number of ether oxygens (including phenoxy) is 1. The lowest BCUT2D eigenvalue weighted by atomic mass is 9.94. The molecule has 2 N–H and O–H groups in total. The molecule has 4 heteroatoms. The fourth-order valence-corrected chi connectivity index (χ4v) is 4.22. The third kappa shape index (κ3) is 3.17. The second-order valence-corrected chi connectivity index (χ2v) is 7.59. The Bertz CT molecular complexity index is 1120. The van der Waals surface area contributed by atoms with Crippen LogP contribution in [0.2, 0.25) is 5.02 Å². The van der Waals surface area contributed by atoms with Gasteiger partial charge in [-0.3, -0.25) is 0 Å². The van der Waals surface area contributed by atoms with E-state index in [0.717, 1.165) is 40.4 Å². The van der Waals surface area contributed by atoms with E-state index >= 15 is 0 Å². The van der Waals surface area contributed by atoms with Crippen LogP contribution in [0.15, 0.2) is 72.8 Å². The number of benzene rings is 3. The van der Waals surface area contributed by atoms with Gasteiger partial charge in [-0.25, -0.2) is 0 Å². The number of aromatic amines is 1. The van der Waals surface area contributed by atoms with Crippen LogP contribution in [0.25, 0.3) is 10.9 Å². The van der Waals surface area contributed by atoms with Gasteiger partial charge in [0, 0.05) is 33.7 Å². The van der Waals surface area contributed by atoms with E-state index in [1.165, 1.54) is 16.6 Å². The van der Waals surface area contributed by atoms with Crippen LogP contribution < -0.4 is 10.1 Å². The first-order valence-corrected chi connectivity index (χ1v) is 9.96. The van der Waals surface area contributed by atoms with Crippen molar-refractivity contribution in [3.8, 4) is 5.75 Å². The number of para-hydroxylation sites is 1. The topological polar surface area (TPSA) is 37.0 Å². The van der Waals surface area contributed by atoms with Crippen molar-refractivity contribution in [2.75, 3.05) is 6.54 Å². The van der Waals surface area contributed by atoms with Gasteiger partial charge in [-0.1, -0.05) is 60.1 Å². The summed E-state index contributed by atoms with van der Waals surface area (Å²) in [7, 11) is 0. The molecule has 0 spiro atoms. The molecule has 0 amide bonds. The average molecular weight is 389 g/mol. The van der Waals surface area contributed by atoms with E-state index in [4.69, 9.17) is 16.3 Å². The molecule has 0 aliphatic carbocycles. The van der Waals surface area contributed by atoms with E-state index in [0.29, 0.717) is 6.61 Å². The minimum absolute atomic E-state index is 0.0712. The summed E-state index contributed by atoms with van der Waals surface area (Å²) < 4.78 is 6.21. The molecular weight excluding hydrogens is 368 g/mol. The normalized spacial score (nSPS) is 16.1. The summed E-state index contributed by atoms with van der Waals surface area (Å²) in [5, 5.41) is 5.65. The number of H-pyrrole nitrogens is 1. The first kappa shape index (κ1) is 17.4. The summed E-state index contributed by atoms with van der Waals surface area (Å²) >= 11 is 6.25. The second-order valence-electron chi connectivity index (χ2n) is 7.16.